The summed E-state index contributed by atoms with van der Waals surface area (Å²) in [6, 6.07) is 7.15. The van der Waals surface area contributed by atoms with Gasteiger partial charge in [0.1, 0.15) is 23.7 Å². The molecule has 5 aliphatic rings. The average Bonchev–Trinajstić information content (AvgIpc) is 3.69. The molecule has 1 spiro atoms. The summed E-state index contributed by atoms with van der Waals surface area (Å²) in [7, 11) is 0. The van der Waals surface area contributed by atoms with E-state index in [1.807, 2.05) is 42.5 Å². The number of likely N-dealkylation sites (tertiary alicyclic amines) is 1. The lowest BCUT2D eigenvalue weighted by Crippen LogP contribution is -2.57. The fourth-order valence-corrected chi connectivity index (χ4v) is 7.27. The highest BCUT2D eigenvalue weighted by atomic mass is 16.6. The molecule has 7 atom stereocenters. The normalized spacial score (nSPS) is 34.0. The fraction of sp³-hybridized carbons (Fsp3) is 0.576. The first kappa shape index (κ1) is 31.4. The number of carbonyl (C=O) groups excluding carboxylic acids is 4. The molecule has 3 amide bonds. The lowest BCUT2D eigenvalue weighted by molar-refractivity contribution is -0.159. The first-order valence-electron chi connectivity index (χ1n) is 15.9. The van der Waals surface area contributed by atoms with E-state index in [0.29, 0.717) is 38.3 Å². The minimum Gasteiger partial charge on any atom is -0.460 e. The molecule has 242 valence electrons. The van der Waals surface area contributed by atoms with Gasteiger partial charge < -0.3 is 34.4 Å². The summed E-state index contributed by atoms with van der Waals surface area (Å²) in [5.41, 5.74) is -0.733. The minimum atomic E-state index is -1.41. The van der Waals surface area contributed by atoms with Crippen LogP contribution in [0.4, 0.5) is 0 Å². The molecule has 0 unspecified atom stereocenters. The van der Waals surface area contributed by atoms with Gasteiger partial charge >= 0.3 is 5.97 Å². The third-order valence-corrected chi connectivity index (χ3v) is 9.55. The van der Waals surface area contributed by atoms with Gasteiger partial charge in [0.25, 0.3) is 0 Å². The van der Waals surface area contributed by atoms with E-state index in [1.54, 1.807) is 24.0 Å². The Hall–Kier alpha value is -3.58. The van der Waals surface area contributed by atoms with Crippen LogP contribution in [0.15, 0.2) is 54.6 Å². The zero-order chi connectivity index (χ0) is 31.6. The zero-order valence-electron chi connectivity index (χ0n) is 25.6. The Kier molecular flexibility index (Phi) is 9.36. The second-order valence-corrected chi connectivity index (χ2v) is 12.4. The average molecular weight is 623 g/mol. The predicted molar refractivity (Wildman–Crippen MR) is 161 cm³/mol. The lowest BCUT2D eigenvalue weighted by Gasteiger charge is -2.39. The first-order chi connectivity index (χ1) is 21.8. The number of esters is 1. The van der Waals surface area contributed by atoms with Gasteiger partial charge in [0.05, 0.1) is 44.4 Å². The van der Waals surface area contributed by atoms with Crippen LogP contribution in [0, 0.1) is 11.8 Å². The number of amides is 3. The highest BCUT2D eigenvalue weighted by Crippen LogP contribution is 2.57. The maximum absolute atomic E-state index is 14.9. The molecule has 1 aromatic carbocycles. The van der Waals surface area contributed by atoms with Crippen molar-refractivity contribution in [3.63, 3.8) is 0 Å². The Morgan fingerprint density at radius 3 is 2.58 bits per heavy atom. The second kappa shape index (κ2) is 13.4. The van der Waals surface area contributed by atoms with Gasteiger partial charge in [0, 0.05) is 39.1 Å². The molecule has 1 aromatic rings. The number of allylic oxidation sites excluding steroid dienone is 1. The molecule has 2 N–H and O–H groups in total. The van der Waals surface area contributed by atoms with Crippen molar-refractivity contribution in [1.29, 1.82) is 0 Å². The molecule has 3 saturated heterocycles. The predicted octanol–water partition coefficient (Wildman–Crippen LogP) is 0.429. The molecule has 12 heteroatoms. The number of aliphatic hydroxyl groups excluding tert-OH is 1. The smallest absolute Gasteiger partial charge is 0.313 e. The molecule has 0 saturated carbocycles. The van der Waals surface area contributed by atoms with Crippen LogP contribution in [0.1, 0.15) is 31.4 Å². The molecule has 3 fully saturated rings. The van der Waals surface area contributed by atoms with Crippen molar-refractivity contribution < 1.29 is 38.5 Å². The van der Waals surface area contributed by atoms with Crippen LogP contribution in [-0.2, 0) is 33.4 Å². The van der Waals surface area contributed by atoms with Crippen molar-refractivity contribution >= 4 is 23.7 Å². The number of aliphatic hydroxyl groups is 1. The molecular formula is C33H42N4O8. The van der Waals surface area contributed by atoms with Crippen molar-refractivity contribution in [2.24, 2.45) is 11.8 Å². The maximum atomic E-state index is 14.9. The topological polar surface area (TPSA) is 138 Å². The van der Waals surface area contributed by atoms with Crippen LogP contribution in [-0.4, -0.2) is 126 Å². The number of fused-ring (bicyclic) bond motifs is 2. The number of benzene rings is 1. The first-order valence-corrected chi connectivity index (χ1v) is 15.9. The molecule has 5 aliphatic heterocycles. The number of hydrogen-bond acceptors (Lipinski definition) is 9. The Morgan fingerprint density at radius 1 is 1.04 bits per heavy atom. The minimum absolute atomic E-state index is 0.134. The highest BCUT2D eigenvalue weighted by Gasteiger charge is 2.74. The van der Waals surface area contributed by atoms with Gasteiger partial charge in [-0.3, -0.25) is 24.1 Å². The Bertz CT molecular complexity index is 1330. The van der Waals surface area contributed by atoms with Crippen LogP contribution in [0.5, 0.6) is 0 Å². The van der Waals surface area contributed by atoms with E-state index in [1.165, 1.54) is 4.90 Å². The zero-order valence-corrected chi connectivity index (χ0v) is 25.6. The Balaban J connectivity index is 1.40. The van der Waals surface area contributed by atoms with Gasteiger partial charge in [-0.05, 0) is 18.9 Å². The van der Waals surface area contributed by atoms with Crippen molar-refractivity contribution in [3.8, 4) is 0 Å². The van der Waals surface area contributed by atoms with E-state index >= 15 is 0 Å². The molecule has 0 aliphatic carbocycles. The summed E-state index contributed by atoms with van der Waals surface area (Å²) in [4.78, 5) is 60.9. The van der Waals surface area contributed by atoms with Crippen molar-refractivity contribution in [3.05, 3.63) is 60.2 Å². The summed E-state index contributed by atoms with van der Waals surface area (Å²) in [5.74, 6) is -3.54. The second-order valence-electron chi connectivity index (χ2n) is 12.4. The summed E-state index contributed by atoms with van der Waals surface area (Å²) in [6.07, 6.45) is 6.61. The van der Waals surface area contributed by atoms with Crippen molar-refractivity contribution in [2.45, 2.75) is 49.7 Å². The van der Waals surface area contributed by atoms with Crippen molar-refractivity contribution in [2.75, 3.05) is 59.1 Å². The molecule has 5 heterocycles. The van der Waals surface area contributed by atoms with Gasteiger partial charge in [0.2, 0.25) is 17.7 Å². The van der Waals surface area contributed by atoms with Gasteiger partial charge in [-0.15, -0.1) is 0 Å². The number of rotatable bonds is 6. The van der Waals surface area contributed by atoms with Crippen molar-refractivity contribution in [1.82, 2.24) is 20.0 Å². The van der Waals surface area contributed by atoms with E-state index < -0.39 is 60.2 Å². The summed E-state index contributed by atoms with van der Waals surface area (Å²) < 4.78 is 17.8. The molecule has 12 nitrogen and oxygen atoms in total. The van der Waals surface area contributed by atoms with E-state index in [0.717, 1.165) is 13.1 Å². The number of carbonyl (C=O) groups is 4. The number of hydrogen-bond donors (Lipinski definition) is 2. The molecule has 6 rings (SSSR count). The number of ether oxygens (including phenoxy) is 3. The van der Waals surface area contributed by atoms with Gasteiger partial charge in [-0.2, -0.15) is 0 Å². The quantitative estimate of drug-likeness (QED) is 0.342. The molecule has 0 aromatic heterocycles. The molecule has 0 radical (unpaired) electrons. The largest absolute Gasteiger partial charge is 0.460 e. The Morgan fingerprint density at radius 2 is 1.82 bits per heavy atom. The fourth-order valence-electron chi connectivity index (χ4n) is 7.27. The van der Waals surface area contributed by atoms with Crippen LogP contribution in [0.2, 0.25) is 0 Å². The molecule has 45 heavy (non-hydrogen) atoms. The molecule has 5 bridgehead atoms. The monoisotopic (exact) mass is 622 g/mol. The molecular weight excluding hydrogens is 580 g/mol. The number of morpholine rings is 1. The van der Waals surface area contributed by atoms with Gasteiger partial charge in [-0.1, -0.05) is 54.6 Å². The Labute approximate surface area is 262 Å². The van der Waals surface area contributed by atoms with E-state index in [9.17, 15) is 24.3 Å². The summed E-state index contributed by atoms with van der Waals surface area (Å²) in [5, 5.41) is 13.5. The van der Waals surface area contributed by atoms with Crippen LogP contribution in [0.3, 0.4) is 0 Å². The van der Waals surface area contributed by atoms with Crippen LogP contribution < -0.4 is 5.32 Å². The van der Waals surface area contributed by atoms with Gasteiger partial charge in [-0.25, -0.2) is 0 Å². The van der Waals surface area contributed by atoms with E-state index in [-0.39, 0.29) is 31.3 Å². The SMILES string of the molecule is C[C@H]1CNC(=O)CC/C=C\CN(CCN2CCOCC2)C(=O)[C@H]2N([C@H](CO)c3ccccc3)C(=O)[C@@H]3[C@@H](C(=O)O1)[C@H]1C=C[C@]32O1. The van der Waals surface area contributed by atoms with Gasteiger partial charge in [0.15, 0.2) is 0 Å². The van der Waals surface area contributed by atoms with E-state index in [2.05, 4.69) is 10.2 Å². The highest BCUT2D eigenvalue weighted by molar-refractivity contribution is 5.99. The summed E-state index contributed by atoms with van der Waals surface area (Å²) in [6.45, 7) is 5.40. The third-order valence-electron chi connectivity index (χ3n) is 9.55. The maximum Gasteiger partial charge on any atom is 0.313 e. The number of cyclic esters (lactones) is 1. The van der Waals surface area contributed by atoms with Crippen LogP contribution >= 0.6 is 0 Å². The number of nitrogens with one attached hydrogen (secondary N) is 1. The third kappa shape index (κ3) is 6.04. The van der Waals surface area contributed by atoms with Crippen LogP contribution in [0.25, 0.3) is 0 Å². The lowest BCUT2D eigenvalue weighted by atomic mass is 9.74. The van der Waals surface area contributed by atoms with E-state index in [4.69, 9.17) is 14.2 Å². The standard InChI is InChI=1S/C33H42N4O8/c1-22-20-34-26(39)10-6-3-7-13-36(15-14-35-16-18-43-19-17-35)31(41)29-33-12-11-25(45-33)27(32(42)44-22)28(33)30(40)37(29)24(21-38)23-8-4-2-5-9-23/h2-5,7-9,11-12,22,24-25,27-29,38H,6,10,13-21H2,1H3,(H,34,39)/b7-3-/t22-,24+,25+,27-,28-,29+,33-/m0/s1. The summed E-state index contributed by atoms with van der Waals surface area (Å²) >= 11 is 0. The number of nitrogens with zero attached hydrogens (tertiary/aromatic N) is 3.